The van der Waals surface area contributed by atoms with E-state index in [1.807, 2.05) is 0 Å². The van der Waals surface area contributed by atoms with Gasteiger partial charge in [0.2, 0.25) is 0 Å². The van der Waals surface area contributed by atoms with Gasteiger partial charge in [0, 0.05) is 5.92 Å². The number of fused-ring (bicyclic) bond motifs is 4. The summed E-state index contributed by atoms with van der Waals surface area (Å²) in [6.07, 6.45) is 8.81. The fourth-order valence-electron chi connectivity index (χ4n) is 7.49. The van der Waals surface area contributed by atoms with Crippen LogP contribution in [0.15, 0.2) is 103 Å². The maximum atomic E-state index is 4.02. The largest absolute Gasteiger partial charge is 3.00 e. The number of hydrogen-bond donors (Lipinski definition) is 0. The number of allylic oxidation sites excluding steroid dienone is 1. The first-order chi connectivity index (χ1) is 21.4. The van der Waals surface area contributed by atoms with Crippen LogP contribution in [0.25, 0.3) is 28.9 Å². The van der Waals surface area contributed by atoms with Crippen molar-refractivity contribution in [3.05, 3.63) is 169 Å². The van der Waals surface area contributed by atoms with E-state index in [0.29, 0.717) is 0 Å². The molecule has 5 aromatic rings. The maximum Gasteiger partial charge on any atom is 3.00 e. The summed E-state index contributed by atoms with van der Waals surface area (Å²) in [7, 11) is 0. The first kappa shape index (κ1) is 37.9. The summed E-state index contributed by atoms with van der Waals surface area (Å²) in [5.41, 5.74) is 17.1. The van der Waals surface area contributed by atoms with Crippen molar-refractivity contribution in [3.8, 4) is 11.1 Å². The van der Waals surface area contributed by atoms with Gasteiger partial charge in [-0.05, 0) is 68.8 Å². The van der Waals surface area contributed by atoms with Gasteiger partial charge < -0.3 is 24.8 Å². The zero-order valence-electron chi connectivity index (χ0n) is 29.2. The zero-order valence-corrected chi connectivity index (χ0v) is 33.2. The van der Waals surface area contributed by atoms with E-state index in [2.05, 4.69) is 171 Å². The van der Waals surface area contributed by atoms with E-state index in [9.17, 15) is 0 Å². The van der Waals surface area contributed by atoms with E-state index >= 15 is 0 Å². The first-order valence-electron chi connectivity index (χ1n) is 16.3. The molecule has 0 saturated carbocycles. The van der Waals surface area contributed by atoms with Gasteiger partial charge in [-0.1, -0.05) is 161 Å². The summed E-state index contributed by atoms with van der Waals surface area (Å²) in [6.45, 7) is 18.6. The van der Waals surface area contributed by atoms with Crippen LogP contribution in [0.4, 0.5) is 0 Å². The van der Waals surface area contributed by atoms with Gasteiger partial charge in [0.25, 0.3) is 0 Å². The Labute approximate surface area is 319 Å². The molecule has 1 atom stereocenters. The van der Waals surface area contributed by atoms with Crippen LogP contribution in [0.2, 0.25) is 0 Å². The standard InChI is InChI=1S/C45H43.2ClH.Zr/c1-28-19-20-32-21-23-36(40(32)29(28)2)42-38-26-33-25-34(44(3,4)5)22-24-35(33)37(38)27-39(43(42)45(6,7)8)41(30-15-11-9-12-16-30)31-17-13-10-14-18-31;;;/h9-25,27,36H,1-8H3;2*1H;/q-1;;;+3/p-2. The SMILES string of the molecule is Cc1ccc2c(c1C)C(c1c(C(C)(C)C)c(=C(c3ccccc3)c3ccccc3)cc3c1=[C-]c1cc(C(C)(C)C)ccc1-3)C=C2.[Cl-].[Cl-].[Zr+3]. The Morgan fingerprint density at radius 3 is 1.81 bits per heavy atom. The number of aryl methyl sites for hydroxylation is 1. The molecular weight excluding hydrogens is 703 g/mol. The van der Waals surface area contributed by atoms with Gasteiger partial charge in [-0.3, -0.25) is 0 Å². The summed E-state index contributed by atoms with van der Waals surface area (Å²) in [5, 5.41) is 2.57. The van der Waals surface area contributed by atoms with Gasteiger partial charge in [0.15, 0.2) is 0 Å². The van der Waals surface area contributed by atoms with Crippen molar-refractivity contribution in [1.82, 2.24) is 0 Å². The third-order valence-corrected chi connectivity index (χ3v) is 9.86. The Hall–Kier alpha value is -2.96. The van der Waals surface area contributed by atoms with Gasteiger partial charge in [0.05, 0.1) is 0 Å². The first-order valence-corrected chi connectivity index (χ1v) is 16.3. The molecule has 0 fully saturated rings. The monoisotopic (exact) mass is 743 g/mol. The molecule has 1 unspecified atom stereocenters. The summed E-state index contributed by atoms with van der Waals surface area (Å²) in [4.78, 5) is 0. The van der Waals surface area contributed by atoms with E-state index in [4.69, 9.17) is 0 Å². The van der Waals surface area contributed by atoms with Crippen molar-refractivity contribution in [3.63, 3.8) is 0 Å². The van der Waals surface area contributed by atoms with Crippen molar-refractivity contribution >= 4 is 17.7 Å². The van der Waals surface area contributed by atoms with E-state index in [0.717, 1.165) is 0 Å². The van der Waals surface area contributed by atoms with Crippen LogP contribution < -0.4 is 35.3 Å². The third kappa shape index (κ3) is 6.52. The molecule has 2 aliphatic carbocycles. The van der Waals surface area contributed by atoms with Crippen LogP contribution in [-0.4, -0.2) is 0 Å². The molecule has 0 nitrogen and oxygen atoms in total. The Bertz CT molecular complexity index is 2090. The van der Waals surface area contributed by atoms with Gasteiger partial charge in [-0.2, -0.15) is 0 Å². The smallest absolute Gasteiger partial charge is 1.00 e. The van der Waals surface area contributed by atoms with Crippen molar-refractivity contribution in [2.45, 2.75) is 72.1 Å². The summed E-state index contributed by atoms with van der Waals surface area (Å²) in [5.74, 6) is 0.152. The third-order valence-electron chi connectivity index (χ3n) is 9.86. The molecule has 0 amide bonds. The average Bonchev–Trinajstić information content (AvgIpc) is 3.60. The van der Waals surface area contributed by atoms with Crippen LogP contribution in [0.5, 0.6) is 0 Å². The van der Waals surface area contributed by atoms with Gasteiger partial charge >= 0.3 is 26.2 Å². The zero-order chi connectivity index (χ0) is 31.7. The van der Waals surface area contributed by atoms with Crippen molar-refractivity contribution in [1.29, 1.82) is 0 Å². The number of halogens is 2. The van der Waals surface area contributed by atoms with Crippen LogP contribution in [0, 0.1) is 13.8 Å². The molecule has 7 rings (SSSR count). The topological polar surface area (TPSA) is 0 Å². The second-order valence-electron chi connectivity index (χ2n) is 15.0. The molecule has 0 aromatic heterocycles. The minimum atomic E-state index is -0.129. The molecule has 241 valence electrons. The molecular formula is C45H43Cl2Zr. The molecule has 48 heavy (non-hydrogen) atoms. The Kier molecular flexibility index (Phi) is 11.1. The molecule has 0 aliphatic heterocycles. The van der Waals surface area contributed by atoms with Crippen molar-refractivity contribution in [2.24, 2.45) is 0 Å². The second-order valence-corrected chi connectivity index (χ2v) is 15.0. The molecule has 5 aromatic carbocycles. The van der Waals surface area contributed by atoms with Gasteiger partial charge in [0.1, 0.15) is 0 Å². The predicted octanol–water partition coefficient (Wildman–Crippen LogP) is 4.00. The summed E-state index contributed by atoms with van der Waals surface area (Å²) < 4.78 is 0. The minimum Gasteiger partial charge on any atom is -1.00 e. The predicted molar refractivity (Wildman–Crippen MR) is 192 cm³/mol. The van der Waals surface area contributed by atoms with E-state index in [-0.39, 0.29) is 67.8 Å². The second kappa shape index (κ2) is 14.1. The summed E-state index contributed by atoms with van der Waals surface area (Å²) in [6, 6.07) is 36.1. The fourth-order valence-corrected chi connectivity index (χ4v) is 7.49. The fraction of sp³-hybridized carbons (Fsp3) is 0.244. The molecule has 0 bridgehead atoms. The minimum absolute atomic E-state index is 0. The van der Waals surface area contributed by atoms with Gasteiger partial charge in [-0.15, -0.1) is 34.1 Å². The molecule has 2 aliphatic rings. The normalized spacial score (nSPS) is 14.0. The van der Waals surface area contributed by atoms with Crippen molar-refractivity contribution < 1.29 is 51.0 Å². The molecule has 0 spiro atoms. The molecule has 1 radical (unpaired) electrons. The number of hydrogen-bond acceptors (Lipinski definition) is 0. The molecule has 0 heterocycles. The Balaban J connectivity index is 0.00000173. The Morgan fingerprint density at radius 1 is 0.646 bits per heavy atom. The van der Waals surface area contributed by atoms with E-state index in [1.54, 1.807) is 0 Å². The summed E-state index contributed by atoms with van der Waals surface area (Å²) >= 11 is 0. The van der Waals surface area contributed by atoms with E-state index in [1.165, 1.54) is 82.8 Å². The van der Waals surface area contributed by atoms with Gasteiger partial charge in [-0.25, -0.2) is 0 Å². The van der Waals surface area contributed by atoms with Crippen LogP contribution >= 0.6 is 0 Å². The molecule has 0 N–H and O–H groups in total. The quantitative estimate of drug-likeness (QED) is 0.241. The average molecular weight is 746 g/mol. The number of rotatable bonds is 3. The van der Waals surface area contributed by atoms with E-state index < -0.39 is 0 Å². The molecule has 0 saturated heterocycles. The van der Waals surface area contributed by atoms with Crippen LogP contribution in [0.1, 0.15) is 103 Å². The van der Waals surface area contributed by atoms with Crippen LogP contribution in [0.3, 0.4) is 0 Å². The Morgan fingerprint density at radius 2 is 1.25 bits per heavy atom. The van der Waals surface area contributed by atoms with Crippen LogP contribution in [-0.2, 0) is 37.0 Å². The number of benzene rings is 5. The van der Waals surface area contributed by atoms with Crippen molar-refractivity contribution in [2.75, 3.05) is 0 Å². The molecule has 3 heteroatoms. The maximum absolute atomic E-state index is 4.02.